The molecule has 0 bridgehead atoms. The molecular weight excluding hydrogens is 402 g/mol. The third-order valence-electron chi connectivity index (χ3n) is 5.89. The van der Waals surface area contributed by atoms with Gasteiger partial charge in [-0.25, -0.2) is 0 Å². The van der Waals surface area contributed by atoms with E-state index in [1.54, 1.807) is 48.5 Å². The normalized spacial score (nSPS) is 15.5. The molecule has 1 saturated carbocycles. The summed E-state index contributed by atoms with van der Waals surface area (Å²) in [5.74, 6) is -0.900. The molecule has 0 spiro atoms. The van der Waals surface area contributed by atoms with Gasteiger partial charge in [-0.2, -0.15) is 0 Å². The van der Waals surface area contributed by atoms with Crippen molar-refractivity contribution in [3.8, 4) is 0 Å². The molecule has 3 rings (SSSR count). The van der Waals surface area contributed by atoms with E-state index in [1.165, 1.54) is 12.8 Å². The van der Waals surface area contributed by atoms with Crippen molar-refractivity contribution in [2.75, 3.05) is 5.32 Å². The van der Waals surface area contributed by atoms with Gasteiger partial charge in [-0.1, -0.05) is 69.9 Å². The van der Waals surface area contributed by atoms with E-state index in [0.717, 1.165) is 25.7 Å². The molecule has 0 heterocycles. The molecule has 170 valence electrons. The molecule has 2 aromatic carbocycles. The van der Waals surface area contributed by atoms with Gasteiger partial charge >= 0.3 is 0 Å². The highest BCUT2D eigenvalue weighted by Gasteiger charge is 2.27. The molecule has 6 nitrogen and oxygen atoms in total. The van der Waals surface area contributed by atoms with Crippen LogP contribution in [0.1, 0.15) is 73.1 Å². The molecule has 32 heavy (non-hydrogen) atoms. The van der Waals surface area contributed by atoms with E-state index >= 15 is 0 Å². The van der Waals surface area contributed by atoms with Gasteiger partial charge in [-0.3, -0.25) is 14.4 Å². The van der Waals surface area contributed by atoms with Crippen molar-refractivity contribution in [3.05, 3.63) is 65.7 Å². The summed E-state index contributed by atoms with van der Waals surface area (Å²) in [6, 6.07) is 15.2. The van der Waals surface area contributed by atoms with Gasteiger partial charge in [0.15, 0.2) is 0 Å². The number of para-hydroxylation sites is 1. The SMILES string of the molecule is CC(C)[C@H](NC(=O)c1ccccc1NC(=O)c1ccccc1)C(=O)NC1CCCCCC1. The van der Waals surface area contributed by atoms with Gasteiger partial charge in [-0.05, 0) is 43.0 Å². The molecule has 0 saturated heterocycles. The number of amides is 3. The minimum atomic E-state index is -0.649. The van der Waals surface area contributed by atoms with Crippen LogP contribution in [0.4, 0.5) is 5.69 Å². The van der Waals surface area contributed by atoms with Gasteiger partial charge in [0.25, 0.3) is 11.8 Å². The van der Waals surface area contributed by atoms with Crippen molar-refractivity contribution >= 4 is 23.4 Å². The van der Waals surface area contributed by atoms with Crippen LogP contribution in [0.3, 0.4) is 0 Å². The fraction of sp³-hybridized carbons (Fsp3) is 0.423. The Hall–Kier alpha value is -3.15. The summed E-state index contributed by atoms with van der Waals surface area (Å²) in [6.07, 6.45) is 6.64. The topological polar surface area (TPSA) is 87.3 Å². The Labute approximate surface area is 190 Å². The van der Waals surface area contributed by atoms with Gasteiger partial charge in [0, 0.05) is 11.6 Å². The van der Waals surface area contributed by atoms with Crippen LogP contribution in [0, 0.1) is 5.92 Å². The third-order valence-corrected chi connectivity index (χ3v) is 5.89. The third kappa shape index (κ3) is 6.42. The van der Waals surface area contributed by atoms with Crippen molar-refractivity contribution in [2.45, 2.75) is 64.5 Å². The number of hydrogen-bond donors (Lipinski definition) is 3. The highest BCUT2D eigenvalue weighted by atomic mass is 16.2. The predicted molar refractivity (Wildman–Crippen MR) is 127 cm³/mol. The van der Waals surface area contributed by atoms with E-state index in [4.69, 9.17) is 0 Å². The highest BCUT2D eigenvalue weighted by Crippen LogP contribution is 2.19. The quantitative estimate of drug-likeness (QED) is 0.558. The zero-order chi connectivity index (χ0) is 22.9. The lowest BCUT2D eigenvalue weighted by molar-refractivity contribution is -0.124. The first-order valence-electron chi connectivity index (χ1n) is 11.5. The van der Waals surface area contributed by atoms with Crippen LogP contribution in [0.15, 0.2) is 54.6 Å². The fourth-order valence-corrected chi connectivity index (χ4v) is 4.04. The minimum Gasteiger partial charge on any atom is -0.352 e. The maximum Gasteiger partial charge on any atom is 0.255 e. The second-order valence-corrected chi connectivity index (χ2v) is 8.76. The van der Waals surface area contributed by atoms with E-state index < -0.39 is 6.04 Å². The van der Waals surface area contributed by atoms with Crippen LogP contribution in [-0.2, 0) is 4.79 Å². The van der Waals surface area contributed by atoms with E-state index in [0.29, 0.717) is 16.8 Å². The molecule has 1 aliphatic carbocycles. The number of hydrogen-bond acceptors (Lipinski definition) is 3. The fourth-order valence-electron chi connectivity index (χ4n) is 4.04. The summed E-state index contributed by atoms with van der Waals surface area (Å²) >= 11 is 0. The van der Waals surface area contributed by atoms with Crippen molar-refractivity contribution in [1.82, 2.24) is 10.6 Å². The Balaban J connectivity index is 1.70. The number of benzene rings is 2. The monoisotopic (exact) mass is 435 g/mol. The summed E-state index contributed by atoms with van der Waals surface area (Å²) in [5.41, 5.74) is 1.24. The van der Waals surface area contributed by atoms with E-state index in [-0.39, 0.29) is 29.7 Å². The van der Waals surface area contributed by atoms with Gasteiger partial charge in [0.1, 0.15) is 6.04 Å². The minimum absolute atomic E-state index is 0.0733. The van der Waals surface area contributed by atoms with Gasteiger partial charge in [0.2, 0.25) is 5.91 Å². The van der Waals surface area contributed by atoms with Crippen LogP contribution in [0.25, 0.3) is 0 Å². The Morgan fingerprint density at radius 1 is 0.812 bits per heavy atom. The number of rotatable bonds is 7. The lowest BCUT2D eigenvalue weighted by Gasteiger charge is -2.25. The lowest BCUT2D eigenvalue weighted by atomic mass is 10.0. The van der Waals surface area contributed by atoms with Crippen LogP contribution in [0.2, 0.25) is 0 Å². The molecule has 2 aromatic rings. The molecule has 1 aliphatic rings. The summed E-state index contributed by atoms with van der Waals surface area (Å²) in [6.45, 7) is 3.83. The molecule has 0 unspecified atom stereocenters. The Kier molecular flexibility index (Phi) is 8.42. The molecule has 0 aromatic heterocycles. The predicted octanol–water partition coefficient (Wildman–Crippen LogP) is 4.53. The first-order valence-corrected chi connectivity index (χ1v) is 11.5. The van der Waals surface area contributed by atoms with Crippen molar-refractivity contribution < 1.29 is 14.4 Å². The summed E-state index contributed by atoms with van der Waals surface area (Å²) in [5, 5.41) is 8.84. The maximum absolute atomic E-state index is 13.1. The van der Waals surface area contributed by atoms with E-state index in [9.17, 15) is 14.4 Å². The van der Waals surface area contributed by atoms with Crippen LogP contribution in [-0.4, -0.2) is 29.8 Å². The molecule has 0 aliphatic heterocycles. The zero-order valence-electron chi connectivity index (χ0n) is 18.9. The maximum atomic E-state index is 13.1. The first-order chi connectivity index (χ1) is 15.5. The average Bonchev–Trinajstić information content (AvgIpc) is 3.06. The van der Waals surface area contributed by atoms with Gasteiger partial charge < -0.3 is 16.0 Å². The van der Waals surface area contributed by atoms with Crippen LogP contribution >= 0.6 is 0 Å². The van der Waals surface area contributed by atoms with Crippen molar-refractivity contribution in [1.29, 1.82) is 0 Å². The average molecular weight is 436 g/mol. The lowest BCUT2D eigenvalue weighted by Crippen LogP contribution is -2.52. The van der Waals surface area contributed by atoms with Crippen LogP contribution in [0.5, 0.6) is 0 Å². The number of carbonyl (C=O) groups excluding carboxylic acids is 3. The number of anilines is 1. The van der Waals surface area contributed by atoms with E-state index in [1.807, 2.05) is 19.9 Å². The Bertz CT molecular complexity index is 919. The largest absolute Gasteiger partial charge is 0.352 e. The molecule has 1 atom stereocenters. The number of carbonyl (C=O) groups is 3. The molecule has 3 N–H and O–H groups in total. The molecule has 1 fully saturated rings. The first kappa shape index (κ1) is 23.5. The molecule has 3 amide bonds. The second kappa shape index (κ2) is 11.5. The smallest absolute Gasteiger partial charge is 0.255 e. The molecule has 0 radical (unpaired) electrons. The van der Waals surface area contributed by atoms with Gasteiger partial charge in [-0.15, -0.1) is 0 Å². The summed E-state index contributed by atoms with van der Waals surface area (Å²) < 4.78 is 0. The summed E-state index contributed by atoms with van der Waals surface area (Å²) in [7, 11) is 0. The zero-order valence-corrected chi connectivity index (χ0v) is 18.9. The Morgan fingerprint density at radius 3 is 2.09 bits per heavy atom. The van der Waals surface area contributed by atoms with Gasteiger partial charge in [0.05, 0.1) is 11.3 Å². The summed E-state index contributed by atoms with van der Waals surface area (Å²) in [4.78, 5) is 38.7. The second-order valence-electron chi connectivity index (χ2n) is 8.76. The molecule has 6 heteroatoms. The highest BCUT2D eigenvalue weighted by molar-refractivity contribution is 6.09. The van der Waals surface area contributed by atoms with Crippen molar-refractivity contribution in [3.63, 3.8) is 0 Å². The molecular formula is C26H33N3O3. The number of nitrogens with one attached hydrogen (secondary N) is 3. The van der Waals surface area contributed by atoms with Crippen molar-refractivity contribution in [2.24, 2.45) is 5.92 Å². The van der Waals surface area contributed by atoms with E-state index in [2.05, 4.69) is 16.0 Å². The van der Waals surface area contributed by atoms with Crippen LogP contribution < -0.4 is 16.0 Å². The standard InChI is InChI=1S/C26H33N3O3/c1-18(2)23(26(32)27-20-14-8-3-4-9-15-20)29-25(31)21-16-10-11-17-22(21)28-24(30)19-12-6-5-7-13-19/h5-7,10-13,16-18,20,23H,3-4,8-9,14-15H2,1-2H3,(H,27,32)(H,28,30)(H,29,31)/t23-/m0/s1. The Morgan fingerprint density at radius 2 is 1.44 bits per heavy atom.